The van der Waals surface area contributed by atoms with Gasteiger partial charge in [-0.2, -0.15) is 0 Å². The molecule has 0 amide bonds. The number of benzene rings is 1. The smallest absolute Gasteiger partial charge is 0.0644 e. The van der Waals surface area contributed by atoms with Gasteiger partial charge in [-0.1, -0.05) is 82.2 Å². The Morgan fingerprint density at radius 2 is 1.52 bits per heavy atom. The van der Waals surface area contributed by atoms with Crippen LogP contribution in [0.4, 0.5) is 0 Å². The molecule has 1 nitrogen and oxygen atoms in total. The SMILES string of the molecule is C=CCOCC1CCC(c2ccc(CCCCCCCCCC)cc2)CC1. The number of unbranched alkanes of at least 4 members (excludes halogenated alkanes) is 7. The van der Waals surface area contributed by atoms with Crippen molar-refractivity contribution in [2.24, 2.45) is 5.92 Å². The summed E-state index contributed by atoms with van der Waals surface area (Å²) in [6.07, 6.45) is 19.6. The van der Waals surface area contributed by atoms with Gasteiger partial charge in [-0.25, -0.2) is 0 Å². The fraction of sp³-hybridized carbons (Fsp3) is 0.692. The van der Waals surface area contributed by atoms with Gasteiger partial charge in [0.25, 0.3) is 0 Å². The lowest BCUT2D eigenvalue weighted by Crippen LogP contribution is -2.18. The molecule has 1 heteroatoms. The molecule has 2 rings (SSSR count). The molecule has 1 fully saturated rings. The lowest BCUT2D eigenvalue weighted by atomic mass is 9.79. The average Bonchev–Trinajstić information content (AvgIpc) is 2.71. The monoisotopic (exact) mass is 370 g/mol. The van der Waals surface area contributed by atoms with Crippen LogP contribution in [0, 0.1) is 5.92 Å². The van der Waals surface area contributed by atoms with Crippen LogP contribution in [0.25, 0.3) is 0 Å². The second kappa shape index (κ2) is 14.0. The van der Waals surface area contributed by atoms with Crippen molar-refractivity contribution in [3.63, 3.8) is 0 Å². The molecule has 0 saturated heterocycles. The fourth-order valence-corrected chi connectivity index (χ4v) is 4.40. The molecule has 0 heterocycles. The highest BCUT2D eigenvalue weighted by Crippen LogP contribution is 2.36. The van der Waals surface area contributed by atoms with Crippen molar-refractivity contribution >= 4 is 0 Å². The van der Waals surface area contributed by atoms with E-state index in [0.29, 0.717) is 6.61 Å². The van der Waals surface area contributed by atoms with Gasteiger partial charge in [0.2, 0.25) is 0 Å². The molecule has 1 saturated carbocycles. The lowest BCUT2D eigenvalue weighted by molar-refractivity contribution is 0.102. The summed E-state index contributed by atoms with van der Waals surface area (Å²) in [5.41, 5.74) is 3.08. The van der Waals surface area contributed by atoms with Gasteiger partial charge in [0.15, 0.2) is 0 Å². The van der Waals surface area contributed by atoms with Gasteiger partial charge in [0.1, 0.15) is 0 Å². The zero-order valence-electron chi connectivity index (χ0n) is 17.8. The Morgan fingerprint density at radius 3 is 2.15 bits per heavy atom. The Kier molecular flexibility index (Phi) is 11.5. The quantitative estimate of drug-likeness (QED) is 0.239. The maximum Gasteiger partial charge on any atom is 0.0644 e. The van der Waals surface area contributed by atoms with Crippen molar-refractivity contribution in [3.8, 4) is 0 Å². The maximum atomic E-state index is 5.64. The molecule has 0 spiro atoms. The van der Waals surface area contributed by atoms with E-state index in [1.54, 1.807) is 5.56 Å². The highest BCUT2D eigenvalue weighted by Gasteiger charge is 2.22. The van der Waals surface area contributed by atoms with Crippen molar-refractivity contribution in [1.82, 2.24) is 0 Å². The topological polar surface area (TPSA) is 9.23 Å². The molecule has 1 aliphatic carbocycles. The third kappa shape index (κ3) is 9.10. The first-order valence-corrected chi connectivity index (χ1v) is 11.6. The average molecular weight is 371 g/mol. The van der Waals surface area contributed by atoms with Gasteiger partial charge in [-0.3, -0.25) is 0 Å². The first-order chi connectivity index (χ1) is 13.3. The molecular formula is C26H42O. The first-order valence-electron chi connectivity index (χ1n) is 11.6. The molecular weight excluding hydrogens is 328 g/mol. The Bertz CT molecular complexity index is 481. The van der Waals surface area contributed by atoms with Gasteiger partial charge in [-0.15, -0.1) is 6.58 Å². The van der Waals surface area contributed by atoms with Crippen molar-refractivity contribution in [2.75, 3.05) is 13.2 Å². The molecule has 0 N–H and O–H groups in total. The second-order valence-corrected chi connectivity index (χ2v) is 8.51. The van der Waals surface area contributed by atoms with E-state index >= 15 is 0 Å². The molecule has 27 heavy (non-hydrogen) atoms. The van der Waals surface area contributed by atoms with Crippen LogP contribution in [0.3, 0.4) is 0 Å². The van der Waals surface area contributed by atoms with Crippen LogP contribution in [0.2, 0.25) is 0 Å². The van der Waals surface area contributed by atoms with Gasteiger partial charge < -0.3 is 4.74 Å². The molecule has 0 radical (unpaired) electrons. The summed E-state index contributed by atoms with van der Waals surface area (Å²) in [6, 6.07) is 9.57. The van der Waals surface area contributed by atoms with Crippen LogP contribution in [-0.4, -0.2) is 13.2 Å². The molecule has 0 bridgehead atoms. The predicted molar refractivity (Wildman–Crippen MR) is 118 cm³/mol. The molecule has 0 atom stereocenters. The molecule has 152 valence electrons. The van der Waals surface area contributed by atoms with Crippen molar-refractivity contribution in [2.45, 2.75) is 96.3 Å². The summed E-state index contributed by atoms with van der Waals surface area (Å²) in [5.74, 6) is 1.51. The minimum absolute atomic E-state index is 0.695. The highest BCUT2D eigenvalue weighted by molar-refractivity contribution is 5.26. The normalized spacial score (nSPS) is 19.9. The van der Waals surface area contributed by atoms with Gasteiger partial charge in [0, 0.05) is 6.61 Å². The highest BCUT2D eigenvalue weighted by atomic mass is 16.5. The van der Waals surface area contributed by atoms with Crippen LogP contribution in [0.5, 0.6) is 0 Å². The summed E-state index contributed by atoms with van der Waals surface area (Å²) in [5, 5.41) is 0. The number of rotatable bonds is 14. The summed E-state index contributed by atoms with van der Waals surface area (Å²) < 4.78 is 5.64. The van der Waals surface area contributed by atoms with E-state index in [4.69, 9.17) is 4.74 Å². The van der Waals surface area contributed by atoms with E-state index < -0.39 is 0 Å². The standard InChI is InChI=1S/C26H42O/c1-3-5-6-7-8-9-10-11-12-23-13-17-25(18-14-23)26-19-15-24(16-20-26)22-27-21-4-2/h4,13-14,17-18,24,26H,2-3,5-12,15-16,19-22H2,1H3. The Morgan fingerprint density at radius 1 is 0.889 bits per heavy atom. The minimum Gasteiger partial charge on any atom is -0.377 e. The number of aryl methyl sites for hydroxylation is 1. The number of ether oxygens (including phenoxy) is 1. The van der Waals surface area contributed by atoms with Crippen LogP contribution in [0.15, 0.2) is 36.9 Å². The van der Waals surface area contributed by atoms with Crippen LogP contribution in [-0.2, 0) is 11.2 Å². The third-order valence-electron chi connectivity index (χ3n) is 6.21. The molecule has 0 aromatic heterocycles. The Balaban J connectivity index is 1.59. The summed E-state index contributed by atoms with van der Waals surface area (Å²) in [7, 11) is 0. The van der Waals surface area contributed by atoms with E-state index in [-0.39, 0.29) is 0 Å². The zero-order chi connectivity index (χ0) is 19.2. The maximum absolute atomic E-state index is 5.64. The molecule has 1 aromatic carbocycles. The van der Waals surface area contributed by atoms with E-state index in [1.165, 1.54) is 89.0 Å². The van der Waals surface area contributed by atoms with Crippen molar-refractivity contribution < 1.29 is 4.74 Å². The Hall–Kier alpha value is -1.08. The van der Waals surface area contributed by atoms with Gasteiger partial charge in [0.05, 0.1) is 6.61 Å². The number of hydrogen-bond acceptors (Lipinski definition) is 1. The molecule has 1 aliphatic rings. The minimum atomic E-state index is 0.695. The summed E-state index contributed by atoms with van der Waals surface area (Å²) >= 11 is 0. The third-order valence-corrected chi connectivity index (χ3v) is 6.21. The van der Waals surface area contributed by atoms with Crippen LogP contribution >= 0.6 is 0 Å². The predicted octanol–water partition coefficient (Wildman–Crippen LogP) is 7.85. The first kappa shape index (κ1) is 22.2. The van der Waals surface area contributed by atoms with E-state index in [2.05, 4.69) is 37.8 Å². The van der Waals surface area contributed by atoms with Crippen molar-refractivity contribution in [3.05, 3.63) is 48.0 Å². The molecule has 0 aliphatic heterocycles. The van der Waals surface area contributed by atoms with E-state index in [1.807, 2.05) is 6.08 Å². The lowest BCUT2D eigenvalue weighted by Gasteiger charge is -2.28. The summed E-state index contributed by atoms with van der Waals surface area (Å²) in [6.45, 7) is 7.61. The van der Waals surface area contributed by atoms with Crippen LogP contribution < -0.4 is 0 Å². The van der Waals surface area contributed by atoms with Gasteiger partial charge >= 0.3 is 0 Å². The second-order valence-electron chi connectivity index (χ2n) is 8.51. The Labute approximate surface area is 168 Å². The zero-order valence-corrected chi connectivity index (χ0v) is 17.8. The molecule has 0 unspecified atom stereocenters. The van der Waals surface area contributed by atoms with Gasteiger partial charge in [-0.05, 0) is 61.5 Å². The molecule has 1 aromatic rings. The van der Waals surface area contributed by atoms with Crippen molar-refractivity contribution in [1.29, 1.82) is 0 Å². The van der Waals surface area contributed by atoms with E-state index in [9.17, 15) is 0 Å². The van der Waals surface area contributed by atoms with E-state index in [0.717, 1.165) is 18.4 Å². The largest absolute Gasteiger partial charge is 0.377 e. The number of hydrogen-bond donors (Lipinski definition) is 0. The summed E-state index contributed by atoms with van der Waals surface area (Å²) in [4.78, 5) is 0. The fourth-order valence-electron chi connectivity index (χ4n) is 4.40. The van der Waals surface area contributed by atoms with Crippen LogP contribution in [0.1, 0.15) is 101 Å².